The van der Waals surface area contributed by atoms with E-state index in [-0.39, 0.29) is 0 Å². The first-order valence-electron chi connectivity index (χ1n) is 6.58. The summed E-state index contributed by atoms with van der Waals surface area (Å²) in [4.78, 5) is 4.47. The van der Waals surface area contributed by atoms with Gasteiger partial charge in [-0.25, -0.2) is 4.98 Å². The van der Waals surface area contributed by atoms with Crippen LogP contribution in [0.25, 0.3) is 21.9 Å². The van der Waals surface area contributed by atoms with Crippen molar-refractivity contribution in [3.63, 3.8) is 0 Å². The molecule has 4 rings (SSSR count). The van der Waals surface area contributed by atoms with Crippen molar-refractivity contribution in [2.75, 3.05) is 0 Å². The summed E-state index contributed by atoms with van der Waals surface area (Å²) in [7, 11) is 0. The molecule has 0 unspecified atom stereocenters. The summed E-state index contributed by atoms with van der Waals surface area (Å²) in [5.41, 5.74) is 1.70. The molecule has 0 atom stereocenters. The minimum Gasteiger partial charge on any atom is -0.440 e. The summed E-state index contributed by atoms with van der Waals surface area (Å²) in [5, 5.41) is 11.4. The quantitative estimate of drug-likeness (QED) is 0.533. The minimum absolute atomic E-state index is 0.636. The van der Waals surface area contributed by atoms with Gasteiger partial charge in [-0.3, -0.25) is 0 Å². The Bertz CT molecular complexity index is 881. The van der Waals surface area contributed by atoms with Gasteiger partial charge in [-0.1, -0.05) is 48.2 Å². The van der Waals surface area contributed by atoms with Crippen molar-refractivity contribution in [1.29, 1.82) is 0 Å². The van der Waals surface area contributed by atoms with Crippen molar-refractivity contribution in [1.82, 2.24) is 15.2 Å². The normalized spacial score (nSPS) is 11.2. The summed E-state index contributed by atoms with van der Waals surface area (Å²) >= 11 is 1.59. The van der Waals surface area contributed by atoms with Gasteiger partial charge in [-0.15, -0.1) is 5.10 Å². The van der Waals surface area contributed by atoms with Crippen LogP contribution in [0.1, 0.15) is 5.89 Å². The predicted octanol–water partition coefficient (Wildman–Crippen LogP) is 4.06. The van der Waals surface area contributed by atoms with E-state index in [9.17, 15) is 0 Å². The molecule has 5 heteroatoms. The van der Waals surface area contributed by atoms with Crippen LogP contribution in [0.2, 0.25) is 0 Å². The van der Waals surface area contributed by atoms with Gasteiger partial charge in [-0.05, 0) is 12.1 Å². The highest BCUT2D eigenvalue weighted by Gasteiger charge is 2.08. The van der Waals surface area contributed by atoms with Gasteiger partial charge in [0.25, 0.3) is 0 Å². The highest BCUT2D eigenvalue weighted by molar-refractivity contribution is 7.98. The third-order valence-electron chi connectivity index (χ3n) is 3.21. The van der Waals surface area contributed by atoms with E-state index in [1.165, 1.54) is 0 Å². The fourth-order valence-corrected chi connectivity index (χ4v) is 3.05. The number of fused-ring (bicyclic) bond motifs is 2. The molecule has 0 radical (unpaired) electrons. The van der Waals surface area contributed by atoms with Crippen molar-refractivity contribution in [3.05, 3.63) is 60.6 Å². The fraction of sp³-hybridized carbons (Fsp3) is 0.0625. The maximum Gasteiger partial charge on any atom is 0.205 e. The lowest BCUT2D eigenvalue weighted by atomic mass is 10.2. The van der Waals surface area contributed by atoms with E-state index >= 15 is 0 Å². The maximum absolute atomic E-state index is 5.72. The largest absolute Gasteiger partial charge is 0.440 e. The molecule has 0 N–H and O–H groups in total. The van der Waals surface area contributed by atoms with Crippen LogP contribution in [0.15, 0.2) is 64.2 Å². The van der Waals surface area contributed by atoms with E-state index < -0.39 is 0 Å². The lowest BCUT2D eigenvalue weighted by Gasteiger charge is -2.02. The van der Waals surface area contributed by atoms with Crippen molar-refractivity contribution >= 4 is 33.6 Å². The van der Waals surface area contributed by atoms with Gasteiger partial charge in [-0.2, -0.15) is 5.10 Å². The number of hydrogen-bond acceptors (Lipinski definition) is 5. The predicted molar refractivity (Wildman–Crippen MR) is 83.1 cm³/mol. The summed E-state index contributed by atoms with van der Waals surface area (Å²) in [6.45, 7) is 0. The number of nitrogens with zero attached hydrogens (tertiary/aromatic N) is 3. The van der Waals surface area contributed by atoms with E-state index in [0.29, 0.717) is 11.6 Å². The van der Waals surface area contributed by atoms with Crippen molar-refractivity contribution in [2.24, 2.45) is 0 Å². The second-order valence-electron chi connectivity index (χ2n) is 4.60. The molecule has 102 valence electrons. The number of thioether (sulfide) groups is 1. The summed E-state index contributed by atoms with van der Waals surface area (Å²) in [6.07, 6.45) is 1.78. The lowest BCUT2D eigenvalue weighted by molar-refractivity contribution is 0.556. The molecule has 0 saturated carbocycles. The van der Waals surface area contributed by atoms with Gasteiger partial charge in [0.05, 0.1) is 11.9 Å². The Hall–Kier alpha value is -2.40. The standard InChI is InChI=1S/C16H11N3OS/c1-2-6-12-11(5-1)9-17-19-16(12)21-10-15-18-13-7-3-4-8-14(13)20-15/h1-9H,10H2. The van der Waals surface area contributed by atoms with Gasteiger partial charge in [0.2, 0.25) is 5.89 Å². The lowest BCUT2D eigenvalue weighted by Crippen LogP contribution is -1.88. The second-order valence-corrected chi connectivity index (χ2v) is 5.57. The third-order valence-corrected chi connectivity index (χ3v) is 4.17. The van der Waals surface area contributed by atoms with E-state index in [0.717, 1.165) is 26.9 Å². The fourth-order valence-electron chi connectivity index (χ4n) is 2.22. The Labute approximate surface area is 125 Å². The number of oxazole rings is 1. The summed E-state index contributed by atoms with van der Waals surface area (Å²) < 4.78 is 5.72. The Balaban J connectivity index is 1.63. The Morgan fingerprint density at radius 1 is 1.00 bits per heavy atom. The summed E-state index contributed by atoms with van der Waals surface area (Å²) in [5.74, 6) is 1.34. The molecule has 2 aromatic heterocycles. The van der Waals surface area contributed by atoms with E-state index in [1.54, 1.807) is 18.0 Å². The molecule has 4 nitrogen and oxygen atoms in total. The molecule has 4 aromatic rings. The van der Waals surface area contributed by atoms with Crippen LogP contribution in [0.3, 0.4) is 0 Å². The Kier molecular flexibility index (Phi) is 3.05. The summed E-state index contributed by atoms with van der Waals surface area (Å²) in [6, 6.07) is 15.9. The van der Waals surface area contributed by atoms with Gasteiger partial charge in [0, 0.05) is 10.8 Å². The van der Waals surface area contributed by atoms with Crippen LogP contribution >= 0.6 is 11.8 Å². The third kappa shape index (κ3) is 2.36. The minimum atomic E-state index is 0.636. The molecular formula is C16H11N3OS. The zero-order valence-electron chi connectivity index (χ0n) is 11.1. The van der Waals surface area contributed by atoms with Crippen LogP contribution in [0, 0.1) is 0 Å². The molecule has 0 fully saturated rings. The number of para-hydroxylation sites is 2. The van der Waals surface area contributed by atoms with Crippen molar-refractivity contribution in [3.8, 4) is 0 Å². The SMILES string of the molecule is c1ccc2c(SCc3nc4ccccc4o3)nncc2c1. The van der Waals surface area contributed by atoms with Gasteiger partial charge >= 0.3 is 0 Å². The number of rotatable bonds is 3. The van der Waals surface area contributed by atoms with E-state index in [2.05, 4.69) is 21.2 Å². The molecule has 0 aliphatic heterocycles. The van der Waals surface area contributed by atoms with E-state index in [4.69, 9.17) is 4.42 Å². The average molecular weight is 293 g/mol. The molecule has 0 bridgehead atoms. The van der Waals surface area contributed by atoms with Gasteiger partial charge in [0.15, 0.2) is 5.58 Å². The van der Waals surface area contributed by atoms with Crippen LogP contribution in [-0.2, 0) is 5.75 Å². The first-order chi connectivity index (χ1) is 10.4. The molecule has 0 spiro atoms. The molecule has 2 heterocycles. The topological polar surface area (TPSA) is 51.8 Å². The van der Waals surface area contributed by atoms with Crippen molar-refractivity contribution in [2.45, 2.75) is 10.8 Å². The van der Waals surface area contributed by atoms with Crippen LogP contribution in [-0.4, -0.2) is 15.2 Å². The average Bonchev–Trinajstić information content (AvgIpc) is 2.96. The molecular weight excluding hydrogens is 282 g/mol. The monoisotopic (exact) mass is 293 g/mol. The molecule has 0 amide bonds. The van der Waals surface area contributed by atoms with Crippen molar-refractivity contribution < 1.29 is 4.42 Å². The number of hydrogen-bond donors (Lipinski definition) is 0. The first-order valence-corrected chi connectivity index (χ1v) is 7.56. The van der Waals surface area contributed by atoms with Crippen LogP contribution < -0.4 is 0 Å². The maximum atomic E-state index is 5.72. The van der Waals surface area contributed by atoms with Gasteiger partial charge < -0.3 is 4.42 Å². The van der Waals surface area contributed by atoms with E-state index in [1.807, 2.05) is 42.5 Å². The number of benzene rings is 2. The molecule has 21 heavy (non-hydrogen) atoms. The Morgan fingerprint density at radius 2 is 1.86 bits per heavy atom. The first kappa shape index (κ1) is 12.3. The molecule has 0 aliphatic rings. The zero-order chi connectivity index (χ0) is 14.1. The highest BCUT2D eigenvalue weighted by Crippen LogP contribution is 2.28. The van der Waals surface area contributed by atoms with Gasteiger partial charge in [0.1, 0.15) is 10.5 Å². The molecule has 2 aromatic carbocycles. The zero-order valence-corrected chi connectivity index (χ0v) is 11.9. The van der Waals surface area contributed by atoms with Crippen LogP contribution in [0.5, 0.6) is 0 Å². The smallest absolute Gasteiger partial charge is 0.205 e. The molecule has 0 aliphatic carbocycles. The second kappa shape index (κ2) is 5.18. The highest BCUT2D eigenvalue weighted by atomic mass is 32.2. The van der Waals surface area contributed by atoms with Crippen LogP contribution in [0.4, 0.5) is 0 Å². The molecule has 0 saturated heterocycles. The number of aromatic nitrogens is 3. The Morgan fingerprint density at radius 3 is 2.81 bits per heavy atom.